The van der Waals surface area contributed by atoms with Crippen LogP contribution in [0, 0.1) is 6.92 Å². The number of nitrogens with one attached hydrogen (secondary N) is 1. The van der Waals surface area contributed by atoms with E-state index in [-0.39, 0.29) is 11.6 Å². The van der Waals surface area contributed by atoms with Gasteiger partial charge in [0.1, 0.15) is 24.4 Å². The van der Waals surface area contributed by atoms with Gasteiger partial charge in [0.25, 0.3) is 5.91 Å². The largest absolute Gasteiger partial charge is 0.473 e. The normalized spacial score (nSPS) is 10.2. The van der Waals surface area contributed by atoms with Crippen LogP contribution in [-0.2, 0) is 6.61 Å². The van der Waals surface area contributed by atoms with Crippen LogP contribution >= 0.6 is 0 Å². The predicted octanol–water partition coefficient (Wildman–Crippen LogP) is 3.01. The van der Waals surface area contributed by atoms with Gasteiger partial charge in [-0.3, -0.25) is 4.79 Å². The van der Waals surface area contributed by atoms with Crippen LogP contribution in [0.25, 0.3) is 0 Å². The lowest BCUT2D eigenvalue weighted by atomic mass is 10.2. The first kappa shape index (κ1) is 15.6. The third-order valence-corrected chi connectivity index (χ3v) is 3.23. The molecule has 0 aliphatic rings. The van der Waals surface area contributed by atoms with E-state index >= 15 is 0 Å². The smallest absolute Gasteiger partial charge is 0.275 e. The topological polar surface area (TPSA) is 77.0 Å². The number of carbonyl (C=O) groups excluding carboxylic acids is 1. The summed E-state index contributed by atoms with van der Waals surface area (Å²) in [5.74, 6) is 0.460. The molecule has 0 saturated carbocycles. The van der Waals surface area contributed by atoms with Gasteiger partial charge in [-0.2, -0.15) is 0 Å². The molecule has 3 aromatic rings. The van der Waals surface area contributed by atoms with E-state index < -0.39 is 0 Å². The van der Waals surface area contributed by atoms with Crippen molar-refractivity contribution in [3.05, 3.63) is 77.9 Å². The molecule has 0 atom stereocenters. The van der Waals surface area contributed by atoms with Gasteiger partial charge in [0.05, 0.1) is 0 Å². The van der Waals surface area contributed by atoms with E-state index in [1.54, 1.807) is 6.07 Å². The van der Waals surface area contributed by atoms with Crippen LogP contribution in [0.4, 0.5) is 5.82 Å². The number of rotatable bonds is 5. The Bertz CT molecular complexity index is 837. The third kappa shape index (κ3) is 4.13. The maximum Gasteiger partial charge on any atom is 0.275 e. The number of hydrogen-bond donors (Lipinski definition) is 1. The first-order valence-electron chi connectivity index (χ1n) is 7.44. The third-order valence-electron chi connectivity index (χ3n) is 3.23. The second-order valence-electron chi connectivity index (χ2n) is 5.13. The SMILES string of the molecule is Cc1cccc(NC(=O)c2cc(OCc3ccccc3)ncn2)n1. The maximum absolute atomic E-state index is 12.3. The molecule has 2 aromatic heterocycles. The molecule has 0 aliphatic heterocycles. The highest BCUT2D eigenvalue weighted by atomic mass is 16.5. The molecule has 0 unspecified atom stereocenters. The monoisotopic (exact) mass is 320 g/mol. The zero-order chi connectivity index (χ0) is 16.8. The molecule has 6 nitrogen and oxygen atoms in total. The van der Waals surface area contributed by atoms with E-state index in [0.717, 1.165) is 11.3 Å². The van der Waals surface area contributed by atoms with Crippen LogP contribution in [0.3, 0.4) is 0 Å². The molecule has 3 rings (SSSR count). The van der Waals surface area contributed by atoms with Crippen LogP contribution in [0.1, 0.15) is 21.7 Å². The summed E-state index contributed by atoms with van der Waals surface area (Å²) >= 11 is 0. The van der Waals surface area contributed by atoms with E-state index in [0.29, 0.717) is 18.3 Å². The van der Waals surface area contributed by atoms with E-state index in [1.807, 2.05) is 49.4 Å². The van der Waals surface area contributed by atoms with Crippen LogP contribution in [-0.4, -0.2) is 20.9 Å². The summed E-state index contributed by atoms with van der Waals surface area (Å²) in [5.41, 5.74) is 2.06. The Labute approximate surface area is 139 Å². The minimum atomic E-state index is -0.361. The molecule has 0 bridgehead atoms. The number of aromatic nitrogens is 3. The van der Waals surface area contributed by atoms with Crippen molar-refractivity contribution in [2.45, 2.75) is 13.5 Å². The minimum Gasteiger partial charge on any atom is -0.473 e. The van der Waals surface area contributed by atoms with Gasteiger partial charge in [0.15, 0.2) is 0 Å². The Balaban J connectivity index is 1.67. The highest BCUT2D eigenvalue weighted by Crippen LogP contribution is 2.12. The number of amides is 1. The summed E-state index contributed by atoms with van der Waals surface area (Å²) in [7, 11) is 0. The van der Waals surface area contributed by atoms with Crippen molar-refractivity contribution in [1.29, 1.82) is 0 Å². The molecular weight excluding hydrogens is 304 g/mol. The number of aryl methyl sites for hydroxylation is 1. The second-order valence-corrected chi connectivity index (χ2v) is 5.13. The first-order valence-corrected chi connectivity index (χ1v) is 7.44. The molecule has 0 aliphatic carbocycles. The highest BCUT2D eigenvalue weighted by molar-refractivity contribution is 6.02. The van der Waals surface area contributed by atoms with Crippen LogP contribution in [0.15, 0.2) is 60.9 Å². The fourth-order valence-electron chi connectivity index (χ4n) is 2.07. The Morgan fingerprint density at radius 2 is 1.92 bits per heavy atom. The number of carbonyl (C=O) groups is 1. The summed E-state index contributed by atoms with van der Waals surface area (Å²) < 4.78 is 5.61. The maximum atomic E-state index is 12.3. The van der Waals surface area contributed by atoms with Crippen molar-refractivity contribution in [3.63, 3.8) is 0 Å². The Kier molecular flexibility index (Phi) is 4.76. The lowest BCUT2D eigenvalue weighted by molar-refractivity contribution is 0.102. The molecule has 24 heavy (non-hydrogen) atoms. The fraction of sp³-hybridized carbons (Fsp3) is 0.111. The molecule has 1 N–H and O–H groups in total. The average molecular weight is 320 g/mol. The van der Waals surface area contributed by atoms with Gasteiger partial charge >= 0.3 is 0 Å². The fourth-order valence-corrected chi connectivity index (χ4v) is 2.07. The summed E-state index contributed by atoms with van der Waals surface area (Å²) in [4.78, 5) is 24.5. The molecule has 6 heteroatoms. The number of ether oxygens (including phenoxy) is 1. The zero-order valence-electron chi connectivity index (χ0n) is 13.1. The molecule has 0 spiro atoms. The summed E-state index contributed by atoms with van der Waals surface area (Å²) in [5, 5.41) is 2.70. The lowest BCUT2D eigenvalue weighted by Crippen LogP contribution is -2.15. The summed E-state index contributed by atoms with van der Waals surface area (Å²) in [6.07, 6.45) is 1.30. The van der Waals surface area contributed by atoms with E-state index in [1.165, 1.54) is 12.4 Å². The molecule has 1 aromatic carbocycles. The van der Waals surface area contributed by atoms with Crippen molar-refractivity contribution >= 4 is 11.7 Å². The van der Waals surface area contributed by atoms with Gasteiger partial charge in [-0.25, -0.2) is 15.0 Å². The molecule has 0 radical (unpaired) electrons. The van der Waals surface area contributed by atoms with Crippen LogP contribution in [0.2, 0.25) is 0 Å². The van der Waals surface area contributed by atoms with Crippen molar-refractivity contribution in [2.75, 3.05) is 5.32 Å². The van der Waals surface area contributed by atoms with Gasteiger partial charge in [0.2, 0.25) is 5.88 Å². The Morgan fingerprint density at radius 1 is 1.08 bits per heavy atom. The van der Waals surface area contributed by atoms with Crippen molar-refractivity contribution in [1.82, 2.24) is 15.0 Å². The van der Waals surface area contributed by atoms with Crippen LogP contribution in [0.5, 0.6) is 5.88 Å². The van der Waals surface area contributed by atoms with Crippen molar-refractivity contribution in [2.24, 2.45) is 0 Å². The van der Waals surface area contributed by atoms with Crippen LogP contribution < -0.4 is 10.1 Å². The molecule has 2 heterocycles. The van der Waals surface area contributed by atoms with Gasteiger partial charge in [0, 0.05) is 11.8 Å². The Hall–Kier alpha value is -3.28. The van der Waals surface area contributed by atoms with Crippen molar-refractivity contribution < 1.29 is 9.53 Å². The number of hydrogen-bond acceptors (Lipinski definition) is 5. The number of benzene rings is 1. The predicted molar refractivity (Wildman–Crippen MR) is 89.7 cm³/mol. The molecule has 0 saturated heterocycles. The quantitative estimate of drug-likeness (QED) is 0.782. The second kappa shape index (κ2) is 7.32. The minimum absolute atomic E-state index is 0.219. The number of nitrogens with zero attached hydrogens (tertiary/aromatic N) is 3. The number of anilines is 1. The van der Waals surface area contributed by atoms with Gasteiger partial charge in [-0.1, -0.05) is 36.4 Å². The molecule has 120 valence electrons. The summed E-state index contributed by atoms with van der Waals surface area (Å²) in [6.45, 7) is 2.23. The van der Waals surface area contributed by atoms with Gasteiger partial charge < -0.3 is 10.1 Å². The van der Waals surface area contributed by atoms with Gasteiger partial charge in [-0.15, -0.1) is 0 Å². The molecule has 0 fully saturated rings. The lowest BCUT2D eigenvalue weighted by Gasteiger charge is -2.07. The Morgan fingerprint density at radius 3 is 2.71 bits per heavy atom. The highest BCUT2D eigenvalue weighted by Gasteiger charge is 2.10. The van der Waals surface area contributed by atoms with E-state index in [4.69, 9.17) is 4.74 Å². The average Bonchev–Trinajstić information content (AvgIpc) is 2.61. The van der Waals surface area contributed by atoms with E-state index in [9.17, 15) is 4.79 Å². The first-order chi connectivity index (χ1) is 11.7. The van der Waals surface area contributed by atoms with Gasteiger partial charge in [-0.05, 0) is 24.6 Å². The van der Waals surface area contributed by atoms with E-state index in [2.05, 4.69) is 20.3 Å². The van der Waals surface area contributed by atoms with Crippen molar-refractivity contribution in [3.8, 4) is 5.88 Å². The summed E-state index contributed by atoms with van der Waals surface area (Å²) in [6, 6.07) is 16.6. The number of pyridine rings is 1. The molecular formula is C18H16N4O2. The zero-order valence-corrected chi connectivity index (χ0v) is 13.1. The molecule has 1 amide bonds. The standard InChI is InChI=1S/C18H16N4O2/c1-13-6-5-9-16(21-13)22-18(23)15-10-17(20-12-19-15)24-11-14-7-3-2-4-8-14/h2-10,12H,11H2,1H3,(H,21,22,23).